The molecule has 3 heterocycles. The molecule has 1 aromatic heterocycles. The van der Waals surface area contributed by atoms with Crippen molar-refractivity contribution < 1.29 is 51.6 Å². The number of halogens is 3. The van der Waals surface area contributed by atoms with Gasteiger partial charge in [-0.05, 0) is 74.2 Å². The van der Waals surface area contributed by atoms with Crippen molar-refractivity contribution in [1.29, 1.82) is 0 Å². The Morgan fingerprint density at radius 3 is 2.16 bits per heavy atom. The number of methoxy groups -OCH3 is 3. The van der Waals surface area contributed by atoms with Gasteiger partial charge in [-0.15, -0.1) is 0 Å². The van der Waals surface area contributed by atoms with Crippen molar-refractivity contribution in [2.45, 2.75) is 63.1 Å². The Bertz CT molecular complexity index is 1830. The fourth-order valence-corrected chi connectivity index (χ4v) is 6.67. The fraction of sp³-hybridized carbons (Fsp3) is 0.444. The lowest BCUT2D eigenvalue weighted by Crippen LogP contribution is -2.53. The molecule has 0 aliphatic carbocycles. The highest BCUT2D eigenvalue weighted by Gasteiger charge is 2.57. The van der Waals surface area contributed by atoms with E-state index in [0.29, 0.717) is 54.4 Å². The highest BCUT2D eigenvalue weighted by atomic mass is 19.4. The van der Waals surface area contributed by atoms with Crippen LogP contribution in [0.5, 0.6) is 23.0 Å². The maximum absolute atomic E-state index is 15.0. The molecule has 0 spiro atoms. The lowest BCUT2D eigenvalue weighted by atomic mass is 9.91. The summed E-state index contributed by atoms with van der Waals surface area (Å²) >= 11 is 0. The highest BCUT2D eigenvalue weighted by molar-refractivity contribution is 5.88. The van der Waals surface area contributed by atoms with E-state index in [4.69, 9.17) is 28.4 Å². The number of fused-ring (bicyclic) bond motifs is 1. The summed E-state index contributed by atoms with van der Waals surface area (Å²) in [6.45, 7) is 1.48. The number of piperidine rings is 1. The Morgan fingerprint density at radius 1 is 0.961 bits per heavy atom. The number of nitrogens with zero attached hydrogens (tertiary/aromatic N) is 3. The summed E-state index contributed by atoms with van der Waals surface area (Å²) in [7, 11) is 4.53. The van der Waals surface area contributed by atoms with E-state index in [1.807, 2.05) is 19.1 Å². The van der Waals surface area contributed by atoms with Crippen LogP contribution in [0.1, 0.15) is 37.3 Å². The molecule has 1 atom stereocenters. The van der Waals surface area contributed by atoms with E-state index in [9.17, 15) is 15.2 Å². The molecule has 0 radical (unpaired) electrons. The van der Waals surface area contributed by atoms with Crippen LogP contribution in [0.25, 0.3) is 16.6 Å². The third kappa shape index (κ3) is 7.42. The van der Waals surface area contributed by atoms with Gasteiger partial charge in [-0.3, -0.25) is 15.0 Å². The largest absolute Gasteiger partial charge is 0.497 e. The van der Waals surface area contributed by atoms with E-state index < -0.39 is 28.8 Å². The van der Waals surface area contributed by atoms with Gasteiger partial charge in [0.15, 0.2) is 24.1 Å². The van der Waals surface area contributed by atoms with Gasteiger partial charge in [0.2, 0.25) is 11.4 Å². The number of alkyl halides is 3. The second-order valence-corrected chi connectivity index (χ2v) is 12.7. The summed E-state index contributed by atoms with van der Waals surface area (Å²) in [5, 5.41) is 23.3. The number of ether oxygens (including phenoxy) is 6. The van der Waals surface area contributed by atoms with Gasteiger partial charge in [-0.2, -0.15) is 13.2 Å². The minimum absolute atomic E-state index is 0.0411. The monoisotopic (exact) mass is 715 g/mol. The molecule has 3 aromatic carbocycles. The predicted molar refractivity (Wildman–Crippen MR) is 180 cm³/mol. The van der Waals surface area contributed by atoms with E-state index >= 15 is 13.2 Å². The zero-order valence-corrected chi connectivity index (χ0v) is 28.6. The number of likely N-dealkylation sites (tertiary alicyclic amines) is 1. The Kier molecular flexibility index (Phi) is 10.4. The van der Waals surface area contributed by atoms with E-state index in [-0.39, 0.29) is 48.4 Å². The molecule has 1 N–H and O–H groups in total. The quantitative estimate of drug-likeness (QED) is 0.121. The van der Waals surface area contributed by atoms with Crippen molar-refractivity contribution in [1.82, 2.24) is 9.47 Å². The molecule has 2 aliphatic rings. The number of aromatic nitrogens is 1. The minimum Gasteiger partial charge on any atom is -0.497 e. The van der Waals surface area contributed by atoms with Crippen LogP contribution < -0.4 is 18.9 Å². The first-order chi connectivity index (χ1) is 24.3. The Labute approximate surface area is 292 Å². The summed E-state index contributed by atoms with van der Waals surface area (Å²) in [5.41, 5.74) is -2.49. The first-order valence-electron chi connectivity index (χ1n) is 16.5. The van der Waals surface area contributed by atoms with Gasteiger partial charge in [-0.1, -0.05) is 0 Å². The van der Waals surface area contributed by atoms with Crippen molar-refractivity contribution >= 4 is 16.6 Å². The van der Waals surface area contributed by atoms with Gasteiger partial charge < -0.3 is 38.1 Å². The van der Waals surface area contributed by atoms with Gasteiger partial charge in [0.1, 0.15) is 11.9 Å². The maximum atomic E-state index is 15.0. The molecular formula is C36H40F3N3O9. The van der Waals surface area contributed by atoms with Crippen LogP contribution in [0.15, 0.2) is 60.8 Å². The molecule has 2 aliphatic heterocycles. The third-order valence-electron chi connectivity index (χ3n) is 9.41. The highest BCUT2D eigenvalue weighted by Crippen LogP contribution is 2.45. The van der Waals surface area contributed by atoms with Crippen LogP contribution in [-0.4, -0.2) is 85.3 Å². The molecule has 0 amide bonds. The average Bonchev–Trinajstić information content (AvgIpc) is 3.49. The topological polar surface area (TPSA) is 127 Å². The SMILES string of the molecule is COc1ccc(-n2cc(C(O)(CN3CCC(Oc4c(OC)cc(CCC5OC(C)O5)cc4OC)CC3)C(F)(F)F)c3ccc([N+](=O)[O-])cc32)cc1. The molecule has 2 saturated heterocycles. The van der Waals surface area contributed by atoms with Crippen LogP contribution in [-0.2, 0) is 21.5 Å². The Morgan fingerprint density at radius 2 is 1.61 bits per heavy atom. The van der Waals surface area contributed by atoms with Crippen LogP contribution >= 0.6 is 0 Å². The number of benzene rings is 3. The number of hydrogen-bond donors (Lipinski definition) is 1. The van der Waals surface area contributed by atoms with Crippen molar-refractivity contribution in [2.75, 3.05) is 41.0 Å². The molecule has 4 aromatic rings. The number of aliphatic hydroxyl groups is 1. The molecule has 2 fully saturated rings. The van der Waals surface area contributed by atoms with Gasteiger partial charge in [0.25, 0.3) is 5.69 Å². The molecule has 1 unspecified atom stereocenters. The molecule has 6 rings (SSSR count). The van der Waals surface area contributed by atoms with Crippen molar-refractivity contribution in [2.24, 2.45) is 0 Å². The first-order valence-corrected chi connectivity index (χ1v) is 16.5. The van der Waals surface area contributed by atoms with Crippen LogP contribution in [0.2, 0.25) is 0 Å². The average molecular weight is 716 g/mol. The zero-order valence-electron chi connectivity index (χ0n) is 28.6. The lowest BCUT2D eigenvalue weighted by Gasteiger charge is -2.39. The number of aryl methyl sites for hydroxylation is 1. The molecule has 0 saturated carbocycles. The minimum atomic E-state index is -5.08. The van der Waals surface area contributed by atoms with Gasteiger partial charge in [0.05, 0.1) is 31.8 Å². The normalized spacial score (nSPS) is 19.7. The van der Waals surface area contributed by atoms with E-state index in [2.05, 4.69) is 0 Å². The molecule has 274 valence electrons. The predicted octanol–water partition coefficient (Wildman–Crippen LogP) is 6.51. The van der Waals surface area contributed by atoms with Crippen LogP contribution in [0.4, 0.5) is 18.9 Å². The number of non-ortho nitro benzene ring substituents is 1. The van der Waals surface area contributed by atoms with E-state index in [1.54, 1.807) is 29.2 Å². The number of nitro groups is 1. The fourth-order valence-electron chi connectivity index (χ4n) is 6.67. The molecule has 0 bridgehead atoms. The van der Waals surface area contributed by atoms with E-state index in [1.165, 1.54) is 44.2 Å². The zero-order chi connectivity index (χ0) is 36.5. The second kappa shape index (κ2) is 14.6. The third-order valence-corrected chi connectivity index (χ3v) is 9.41. The van der Waals surface area contributed by atoms with Crippen molar-refractivity contribution in [3.63, 3.8) is 0 Å². The molecule has 15 heteroatoms. The van der Waals surface area contributed by atoms with Crippen LogP contribution in [0, 0.1) is 10.1 Å². The number of β-amino-alcohol motifs (C(OH)–C–C–N with tert-alkyl or cyclic N) is 1. The van der Waals surface area contributed by atoms with Gasteiger partial charge in [-0.25, -0.2) is 0 Å². The molecule has 51 heavy (non-hydrogen) atoms. The summed E-state index contributed by atoms with van der Waals surface area (Å²) in [6, 6.07) is 13.8. The summed E-state index contributed by atoms with van der Waals surface area (Å²) in [6.07, 6.45) is -2.66. The van der Waals surface area contributed by atoms with Crippen molar-refractivity contribution in [3.05, 3.63) is 82.0 Å². The first kappa shape index (κ1) is 36.2. The summed E-state index contributed by atoms with van der Waals surface area (Å²) in [4.78, 5) is 12.5. The maximum Gasteiger partial charge on any atom is 0.422 e. The van der Waals surface area contributed by atoms with Gasteiger partial charge in [0, 0.05) is 61.0 Å². The van der Waals surface area contributed by atoms with Crippen molar-refractivity contribution in [3.8, 4) is 28.7 Å². The standard InChI is InChI=1S/C36H40F3N3O9/c1-22-49-33(50-22)12-5-23-17-31(47-3)34(32(18-23)48-4)51-27-13-15-40(16-14-27)21-35(43,36(37,38)39)29-20-41(24-6-9-26(46-2)10-7-24)30-19-25(42(44)45)8-11-28(29)30/h6-11,17-20,22,27,33,43H,5,12-16,21H2,1-4H3. The molecule has 12 nitrogen and oxygen atoms in total. The van der Waals surface area contributed by atoms with E-state index in [0.717, 1.165) is 11.6 Å². The Balaban J connectivity index is 1.21. The van der Waals surface area contributed by atoms with Gasteiger partial charge >= 0.3 is 6.18 Å². The smallest absolute Gasteiger partial charge is 0.422 e. The molecular weight excluding hydrogens is 675 g/mol. The Hall–Kier alpha value is -4.57. The lowest BCUT2D eigenvalue weighted by molar-refractivity contribution is -0.384. The number of hydrogen-bond acceptors (Lipinski definition) is 10. The van der Waals surface area contributed by atoms with Crippen LogP contribution in [0.3, 0.4) is 0 Å². The summed E-state index contributed by atoms with van der Waals surface area (Å²) in [5.74, 6) is 1.86. The summed E-state index contributed by atoms with van der Waals surface area (Å²) < 4.78 is 80.3. The number of rotatable bonds is 13. The second-order valence-electron chi connectivity index (χ2n) is 12.7. The number of nitro benzene ring substituents is 1.